The molecule has 1 heterocycles. The zero-order valence-electron chi connectivity index (χ0n) is 11.8. The van der Waals surface area contributed by atoms with Gasteiger partial charge in [0, 0.05) is 18.5 Å². The molecule has 19 heavy (non-hydrogen) atoms. The molecule has 0 aliphatic heterocycles. The van der Waals surface area contributed by atoms with Crippen LogP contribution < -0.4 is 5.73 Å². The number of rotatable bonds is 4. The standard InChI is InChI=1S/C15H21N3O/c1-15(2,3)9-8-13-17-14(18-19-13)12-6-4-11(10-16)5-7-12/h4-7H,8-10,16H2,1-3H3. The van der Waals surface area contributed by atoms with Crippen LogP contribution in [0.15, 0.2) is 28.8 Å². The number of aryl methyl sites for hydroxylation is 1. The van der Waals surface area contributed by atoms with Gasteiger partial charge < -0.3 is 10.3 Å². The third-order valence-corrected chi connectivity index (χ3v) is 3.00. The van der Waals surface area contributed by atoms with E-state index in [0.29, 0.717) is 18.3 Å². The molecule has 2 rings (SSSR count). The summed E-state index contributed by atoms with van der Waals surface area (Å²) in [6, 6.07) is 7.92. The Morgan fingerprint density at radius 3 is 2.42 bits per heavy atom. The first-order valence-corrected chi connectivity index (χ1v) is 6.60. The van der Waals surface area contributed by atoms with Crippen molar-refractivity contribution in [2.45, 2.75) is 40.2 Å². The van der Waals surface area contributed by atoms with Crippen LogP contribution in [0.4, 0.5) is 0 Å². The highest BCUT2D eigenvalue weighted by Gasteiger charge is 2.14. The molecule has 0 fully saturated rings. The van der Waals surface area contributed by atoms with Crippen LogP contribution in [0.25, 0.3) is 11.4 Å². The summed E-state index contributed by atoms with van der Waals surface area (Å²) in [6.45, 7) is 7.16. The summed E-state index contributed by atoms with van der Waals surface area (Å²) in [5.74, 6) is 1.35. The Kier molecular flexibility index (Phi) is 4.00. The van der Waals surface area contributed by atoms with Crippen LogP contribution in [0.1, 0.15) is 38.6 Å². The monoisotopic (exact) mass is 259 g/mol. The topological polar surface area (TPSA) is 64.9 Å². The zero-order valence-corrected chi connectivity index (χ0v) is 11.8. The lowest BCUT2D eigenvalue weighted by atomic mass is 9.91. The van der Waals surface area contributed by atoms with Gasteiger partial charge in [-0.05, 0) is 17.4 Å². The van der Waals surface area contributed by atoms with E-state index in [-0.39, 0.29) is 5.41 Å². The van der Waals surface area contributed by atoms with Crippen molar-refractivity contribution in [2.75, 3.05) is 0 Å². The molecule has 102 valence electrons. The maximum Gasteiger partial charge on any atom is 0.226 e. The molecule has 0 saturated carbocycles. The lowest BCUT2D eigenvalue weighted by Crippen LogP contribution is -2.06. The lowest BCUT2D eigenvalue weighted by Gasteiger charge is -2.15. The molecule has 0 spiro atoms. The van der Waals surface area contributed by atoms with Crippen molar-refractivity contribution >= 4 is 0 Å². The average molecular weight is 259 g/mol. The molecule has 2 aromatic rings. The molecule has 2 N–H and O–H groups in total. The second kappa shape index (κ2) is 5.53. The third-order valence-electron chi connectivity index (χ3n) is 3.00. The maximum atomic E-state index is 5.57. The fraction of sp³-hybridized carbons (Fsp3) is 0.467. The van der Waals surface area contributed by atoms with Crippen LogP contribution in [-0.4, -0.2) is 10.1 Å². The largest absolute Gasteiger partial charge is 0.339 e. The summed E-state index contributed by atoms with van der Waals surface area (Å²) >= 11 is 0. The smallest absolute Gasteiger partial charge is 0.226 e. The van der Waals surface area contributed by atoms with Gasteiger partial charge in [-0.1, -0.05) is 50.2 Å². The summed E-state index contributed by atoms with van der Waals surface area (Å²) in [7, 11) is 0. The molecule has 0 radical (unpaired) electrons. The highest BCUT2D eigenvalue weighted by Crippen LogP contribution is 2.22. The molecule has 1 aromatic carbocycles. The van der Waals surface area contributed by atoms with Gasteiger partial charge in [-0.2, -0.15) is 4.98 Å². The fourth-order valence-corrected chi connectivity index (χ4v) is 1.75. The molecule has 0 amide bonds. The summed E-state index contributed by atoms with van der Waals surface area (Å²) < 4.78 is 5.29. The van der Waals surface area contributed by atoms with Crippen LogP contribution >= 0.6 is 0 Å². The minimum atomic E-state index is 0.275. The Morgan fingerprint density at radius 1 is 1.16 bits per heavy atom. The second-order valence-electron chi connectivity index (χ2n) is 5.97. The van der Waals surface area contributed by atoms with E-state index in [0.717, 1.165) is 24.0 Å². The van der Waals surface area contributed by atoms with Gasteiger partial charge in [-0.3, -0.25) is 0 Å². The molecule has 0 unspecified atom stereocenters. The van der Waals surface area contributed by atoms with Crippen molar-refractivity contribution in [2.24, 2.45) is 11.1 Å². The highest BCUT2D eigenvalue weighted by molar-refractivity contribution is 5.54. The molecular formula is C15H21N3O. The SMILES string of the molecule is CC(C)(C)CCc1nc(-c2ccc(CN)cc2)no1. The van der Waals surface area contributed by atoms with Gasteiger partial charge in [0.05, 0.1) is 0 Å². The quantitative estimate of drug-likeness (QED) is 0.915. The summed E-state index contributed by atoms with van der Waals surface area (Å²) in [5, 5.41) is 4.03. The fourth-order valence-electron chi connectivity index (χ4n) is 1.75. The third kappa shape index (κ3) is 3.89. The van der Waals surface area contributed by atoms with E-state index < -0.39 is 0 Å². The van der Waals surface area contributed by atoms with E-state index in [4.69, 9.17) is 10.3 Å². The molecule has 0 aliphatic rings. The van der Waals surface area contributed by atoms with Gasteiger partial charge in [0.1, 0.15) is 0 Å². The average Bonchev–Trinajstić information content (AvgIpc) is 2.84. The van der Waals surface area contributed by atoms with Crippen LogP contribution in [0.5, 0.6) is 0 Å². The summed E-state index contributed by atoms with van der Waals surface area (Å²) in [4.78, 5) is 4.43. The van der Waals surface area contributed by atoms with E-state index in [1.54, 1.807) is 0 Å². The number of aromatic nitrogens is 2. The predicted octanol–water partition coefficient (Wildman–Crippen LogP) is 3.17. The van der Waals surface area contributed by atoms with Crippen molar-refractivity contribution in [3.05, 3.63) is 35.7 Å². The summed E-state index contributed by atoms with van der Waals surface area (Å²) in [6.07, 6.45) is 1.85. The minimum Gasteiger partial charge on any atom is -0.339 e. The molecular weight excluding hydrogens is 238 g/mol. The normalized spacial score (nSPS) is 11.8. The minimum absolute atomic E-state index is 0.275. The predicted molar refractivity (Wildman–Crippen MR) is 75.4 cm³/mol. The Labute approximate surface area is 114 Å². The number of benzene rings is 1. The first kappa shape index (κ1) is 13.7. The Balaban J connectivity index is 2.07. The summed E-state index contributed by atoms with van der Waals surface area (Å²) in [5.41, 5.74) is 7.91. The number of nitrogens with two attached hydrogens (primary N) is 1. The first-order valence-electron chi connectivity index (χ1n) is 6.60. The second-order valence-corrected chi connectivity index (χ2v) is 5.97. The van der Waals surface area contributed by atoms with Gasteiger partial charge in [0.2, 0.25) is 11.7 Å². The van der Waals surface area contributed by atoms with Crippen molar-refractivity contribution in [3.8, 4) is 11.4 Å². The number of hydrogen-bond donors (Lipinski definition) is 1. The van der Waals surface area contributed by atoms with Crippen LogP contribution in [0.2, 0.25) is 0 Å². The Bertz CT molecular complexity index is 523. The Morgan fingerprint density at radius 2 is 1.84 bits per heavy atom. The van der Waals surface area contributed by atoms with E-state index in [9.17, 15) is 0 Å². The zero-order chi connectivity index (χ0) is 13.9. The van der Waals surface area contributed by atoms with E-state index in [2.05, 4.69) is 30.9 Å². The van der Waals surface area contributed by atoms with Crippen molar-refractivity contribution in [1.82, 2.24) is 10.1 Å². The highest BCUT2D eigenvalue weighted by atomic mass is 16.5. The van der Waals surface area contributed by atoms with Gasteiger partial charge >= 0.3 is 0 Å². The van der Waals surface area contributed by atoms with Gasteiger partial charge in [0.15, 0.2) is 0 Å². The Hall–Kier alpha value is -1.68. The number of nitrogens with zero attached hydrogens (tertiary/aromatic N) is 2. The van der Waals surface area contributed by atoms with Crippen molar-refractivity contribution < 1.29 is 4.52 Å². The maximum absolute atomic E-state index is 5.57. The molecule has 4 heteroatoms. The van der Waals surface area contributed by atoms with Gasteiger partial charge in [-0.25, -0.2) is 0 Å². The van der Waals surface area contributed by atoms with Crippen LogP contribution in [0, 0.1) is 5.41 Å². The van der Waals surface area contributed by atoms with Gasteiger partial charge in [-0.15, -0.1) is 0 Å². The van der Waals surface area contributed by atoms with Crippen molar-refractivity contribution in [3.63, 3.8) is 0 Å². The molecule has 1 aromatic heterocycles. The number of hydrogen-bond acceptors (Lipinski definition) is 4. The molecule has 0 aliphatic carbocycles. The molecule has 0 bridgehead atoms. The first-order chi connectivity index (χ1) is 8.98. The van der Waals surface area contributed by atoms with Gasteiger partial charge in [0.25, 0.3) is 0 Å². The molecule has 4 nitrogen and oxygen atoms in total. The van der Waals surface area contributed by atoms with Crippen LogP contribution in [0.3, 0.4) is 0 Å². The van der Waals surface area contributed by atoms with E-state index >= 15 is 0 Å². The molecule has 0 atom stereocenters. The molecule has 0 saturated heterocycles. The van der Waals surface area contributed by atoms with E-state index in [1.165, 1.54) is 0 Å². The lowest BCUT2D eigenvalue weighted by molar-refractivity contribution is 0.327. The van der Waals surface area contributed by atoms with Crippen LogP contribution in [-0.2, 0) is 13.0 Å². The van der Waals surface area contributed by atoms with E-state index in [1.807, 2.05) is 24.3 Å². The van der Waals surface area contributed by atoms with Crippen molar-refractivity contribution in [1.29, 1.82) is 0 Å².